The summed E-state index contributed by atoms with van der Waals surface area (Å²) in [7, 11) is 0. The highest BCUT2D eigenvalue weighted by Gasteiger charge is 2.28. The number of aryl methyl sites for hydroxylation is 1. The molecule has 0 atom stereocenters. The molecule has 4 heterocycles. The van der Waals surface area contributed by atoms with Crippen molar-refractivity contribution in [3.8, 4) is 0 Å². The molecule has 1 aliphatic rings. The molecule has 4 rings (SSSR count). The lowest BCUT2D eigenvalue weighted by Crippen LogP contribution is -2.49. The second-order valence-corrected chi connectivity index (χ2v) is 7.87. The normalized spacial score (nSPS) is 14.4. The topological polar surface area (TPSA) is 88.8 Å². The first-order chi connectivity index (χ1) is 14.0. The number of carbonyl (C=O) groups is 2. The van der Waals surface area contributed by atoms with Crippen LogP contribution in [0.2, 0.25) is 5.28 Å². The zero-order valence-corrected chi connectivity index (χ0v) is 17.5. The zero-order valence-electron chi connectivity index (χ0n) is 16.0. The zero-order chi connectivity index (χ0) is 20.5. The molecule has 1 fully saturated rings. The van der Waals surface area contributed by atoms with Gasteiger partial charge in [-0.1, -0.05) is 0 Å². The quantitative estimate of drug-likeness (QED) is 0.459. The van der Waals surface area contributed by atoms with Crippen LogP contribution in [0.1, 0.15) is 32.7 Å². The number of anilines is 1. The third kappa shape index (κ3) is 3.67. The van der Waals surface area contributed by atoms with E-state index in [9.17, 15) is 9.59 Å². The van der Waals surface area contributed by atoms with Gasteiger partial charge in [-0.05, 0) is 43.1 Å². The standard InChI is InChI=1S/C19H19ClN4O4S/c1-3-27-18(26)14-11(2)13-15(21-19(20)22-16(13)29-14)23-6-8-24(9-7-23)17(25)12-5-4-10-28-12/h4-5,10H,3,6-9H2,1-2H3. The van der Waals surface area contributed by atoms with E-state index in [-0.39, 0.29) is 17.2 Å². The van der Waals surface area contributed by atoms with Crippen LogP contribution in [0.4, 0.5) is 5.82 Å². The van der Waals surface area contributed by atoms with Crippen molar-refractivity contribution in [2.45, 2.75) is 13.8 Å². The van der Waals surface area contributed by atoms with Crippen molar-refractivity contribution >= 4 is 50.8 Å². The van der Waals surface area contributed by atoms with Gasteiger partial charge in [0.05, 0.1) is 18.3 Å². The summed E-state index contributed by atoms with van der Waals surface area (Å²) in [4.78, 5) is 38.5. The number of rotatable bonds is 4. The molecule has 0 aromatic carbocycles. The van der Waals surface area contributed by atoms with Gasteiger partial charge in [-0.25, -0.2) is 9.78 Å². The number of nitrogens with zero attached hydrogens (tertiary/aromatic N) is 4. The number of esters is 1. The van der Waals surface area contributed by atoms with E-state index in [0.717, 1.165) is 10.9 Å². The summed E-state index contributed by atoms with van der Waals surface area (Å²) in [5.41, 5.74) is 0.782. The predicted octanol–water partition coefficient (Wildman–Crippen LogP) is 3.39. The Kier molecular flexibility index (Phi) is 5.42. The molecule has 3 aromatic heterocycles. The number of carbonyl (C=O) groups excluding carboxylic acids is 2. The van der Waals surface area contributed by atoms with E-state index in [2.05, 4.69) is 14.9 Å². The molecular formula is C19H19ClN4O4S. The highest BCUT2D eigenvalue weighted by molar-refractivity contribution is 7.20. The molecule has 1 amide bonds. The van der Waals surface area contributed by atoms with Crippen LogP contribution in [0, 0.1) is 6.92 Å². The number of hydrogen-bond acceptors (Lipinski definition) is 8. The first-order valence-corrected chi connectivity index (χ1v) is 10.4. The van der Waals surface area contributed by atoms with Crippen molar-refractivity contribution in [1.29, 1.82) is 0 Å². The third-order valence-electron chi connectivity index (χ3n) is 4.80. The molecule has 0 N–H and O–H groups in total. The lowest BCUT2D eigenvalue weighted by Gasteiger charge is -2.35. The fourth-order valence-corrected chi connectivity index (χ4v) is 4.67. The summed E-state index contributed by atoms with van der Waals surface area (Å²) in [6, 6.07) is 3.36. The highest BCUT2D eigenvalue weighted by Crippen LogP contribution is 2.37. The van der Waals surface area contributed by atoms with E-state index >= 15 is 0 Å². The second kappa shape index (κ2) is 8.00. The summed E-state index contributed by atoms with van der Waals surface area (Å²) in [5, 5.41) is 0.923. The van der Waals surface area contributed by atoms with Gasteiger partial charge in [-0.2, -0.15) is 4.98 Å². The van der Waals surface area contributed by atoms with Gasteiger partial charge < -0.3 is 19.0 Å². The summed E-state index contributed by atoms with van der Waals surface area (Å²) in [6.45, 7) is 6.15. The van der Waals surface area contributed by atoms with E-state index < -0.39 is 0 Å². The van der Waals surface area contributed by atoms with Crippen LogP contribution in [0.25, 0.3) is 10.2 Å². The largest absolute Gasteiger partial charge is 0.462 e. The van der Waals surface area contributed by atoms with E-state index in [4.69, 9.17) is 20.8 Å². The molecule has 0 spiro atoms. The fourth-order valence-electron chi connectivity index (χ4n) is 3.39. The highest BCUT2D eigenvalue weighted by atomic mass is 35.5. The molecule has 3 aromatic rings. The summed E-state index contributed by atoms with van der Waals surface area (Å²) >= 11 is 7.41. The summed E-state index contributed by atoms with van der Waals surface area (Å²) < 4.78 is 10.4. The third-order valence-corrected chi connectivity index (χ3v) is 6.14. The number of piperazine rings is 1. The van der Waals surface area contributed by atoms with Crippen LogP contribution >= 0.6 is 22.9 Å². The SMILES string of the molecule is CCOC(=O)c1sc2nc(Cl)nc(N3CCN(C(=O)c4ccco4)CC3)c2c1C. The van der Waals surface area contributed by atoms with Crippen molar-refractivity contribution in [3.05, 3.63) is 39.9 Å². The van der Waals surface area contributed by atoms with Crippen molar-refractivity contribution in [2.24, 2.45) is 0 Å². The minimum Gasteiger partial charge on any atom is -0.462 e. The average Bonchev–Trinajstić information content (AvgIpc) is 3.36. The maximum atomic E-state index is 12.5. The number of thiophene rings is 1. The molecule has 0 unspecified atom stereocenters. The number of ether oxygens (including phenoxy) is 1. The van der Waals surface area contributed by atoms with Gasteiger partial charge in [0.2, 0.25) is 5.28 Å². The first-order valence-electron chi connectivity index (χ1n) is 9.21. The smallest absolute Gasteiger partial charge is 0.348 e. The van der Waals surface area contributed by atoms with Gasteiger partial charge in [0.15, 0.2) is 5.76 Å². The molecular weight excluding hydrogens is 416 g/mol. The Labute approximate surface area is 176 Å². The van der Waals surface area contributed by atoms with E-state index in [1.807, 2.05) is 6.92 Å². The monoisotopic (exact) mass is 434 g/mol. The molecule has 29 heavy (non-hydrogen) atoms. The molecule has 0 aliphatic carbocycles. The van der Waals surface area contributed by atoms with Gasteiger partial charge in [-0.3, -0.25) is 4.79 Å². The molecule has 0 bridgehead atoms. The maximum Gasteiger partial charge on any atom is 0.348 e. The molecule has 8 nitrogen and oxygen atoms in total. The van der Waals surface area contributed by atoms with Crippen LogP contribution in [-0.4, -0.2) is 59.5 Å². The Morgan fingerprint density at radius 2 is 2.03 bits per heavy atom. The van der Waals surface area contributed by atoms with E-state index in [1.54, 1.807) is 24.0 Å². The molecule has 1 saturated heterocycles. The Hall–Kier alpha value is -2.65. The van der Waals surface area contributed by atoms with Crippen LogP contribution in [-0.2, 0) is 4.74 Å². The van der Waals surface area contributed by atoms with Crippen LogP contribution in [0.15, 0.2) is 22.8 Å². The van der Waals surface area contributed by atoms with Gasteiger partial charge >= 0.3 is 5.97 Å². The van der Waals surface area contributed by atoms with Crippen molar-refractivity contribution in [2.75, 3.05) is 37.7 Å². The summed E-state index contributed by atoms with van der Waals surface area (Å²) in [5.74, 6) is 0.508. The van der Waals surface area contributed by atoms with Crippen molar-refractivity contribution < 1.29 is 18.7 Å². The van der Waals surface area contributed by atoms with Gasteiger partial charge in [0.1, 0.15) is 15.5 Å². The Morgan fingerprint density at radius 3 is 2.69 bits per heavy atom. The number of aromatic nitrogens is 2. The molecule has 0 saturated carbocycles. The number of furan rings is 1. The Morgan fingerprint density at radius 1 is 1.28 bits per heavy atom. The molecule has 1 aliphatic heterocycles. The average molecular weight is 435 g/mol. The lowest BCUT2D eigenvalue weighted by atomic mass is 10.2. The van der Waals surface area contributed by atoms with Crippen LogP contribution < -0.4 is 4.90 Å². The Bertz CT molecular complexity index is 1060. The van der Waals surface area contributed by atoms with Gasteiger partial charge in [0, 0.05) is 26.2 Å². The number of fused-ring (bicyclic) bond motifs is 1. The van der Waals surface area contributed by atoms with Crippen molar-refractivity contribution in [3.63, 3.8) is 0 Å². The number of amides is 1. The maximum absolute atomic E-state index is 12.5. The first kappa shape index (κ1) is 19.7. The van der Waals surface area contributed by atoms with Gasteiger partial charge in [0.25, 0.3) is 5.91 Å². The minimum atomic E-state index is -0.371. The molecule has 0 radical (unpaired) electrons. The molecule has 152 valence electrons. The number of halogens is 1. The Balaban J connectivity index is 1.61. The van der Waals surface area contributed by atoms with Crippen LogP contribution in [0.5, 0.6) is 0 Å². The lowest BCUT2D eigenvalue weighted by molar-refractivity contribution is 0.0531. The minimum absolute atomic E-state index is 0.123. The predicted molar refractivity (Wildman–Crippen MR) is 110 cm³/mol. The van der Waals surface area contributed by atoms with E-state index in [0.29, 0.717) is 54.1 Å². The fraction of sp³-hybridized carbons (Fsp3) is 0.368. The molecule has 10 heteroatoms. The second-order valence-electron chi connectivity index (χ2n) is 6.53. The van der Waals surface area contributed by atoms with Crippen LogP contribution in [0.3, 0.4) is 0 Å². The van der Waals surface area contributed by atoms with E-state index in [1.165, 1.54) is 17.6 Å². The van der Waals surface area contributed by atoms with Crippen molar-refractivity contribution in [1.82, 2.24) is 14.9 Å². The summed E-state index contributed by atoms with van der Waals surface area (Å²) in [6.07, 6.45) is 1.49. The van der Waals surface area contributed by atoms with Gasteiger partial charge in [-0.15, -0.1) is 11.3 Å². The number of hydrogen-bond donors (Lipinski definition) is 0.